The average molecular weight is 309 g/mol. The van der Waals surface area contributed by atoms with Crippen molar-refractivity contribution in [3.8, 4) is 0 Å². The molecule has 0 fully saturated rings. The van der Waals surface area contributed by atoms with Crippen LogP contribution in [-0.4, -0.2) is 13.5 Å². The number of nitrogens with one attached hydrogen (secondary N) is 1. The van der Waals surface area contributed by atoms with E-state index < -0.39 is 22.4 Å². The Morgan fingerprint density at radius 3 is 2.57 bits per heavy atom. The fourth-order valence-electron chi connectivity index (χ4n) is 1.97. The van der Waals surface area contributed by atoms with Crippen LogP contribution in [-0.2, 0) is 16.6 Å². The molecule has 0 heterocycles. The van der Waals surface area contributed by atoms with Crippen LogP contribution >= 0.6 is 0 Å². The second-order valence-corrected chi connectivity index (χ2v) is 6.41. The van der Waals surface area contributed by atoms with Crippen molar-refractivity contribution in [2.24, 2.45) is 0 Å². The number of anilines is 1. The van der Waals surface area contributed by atoms with Crippen LogP contribution < -0.4 is 4.72 Å². The zero-order valence-corrected chi connectivity index (χ0v) is 12.5. The van der Waals surface area contributed by atoms with Gasteiger partial charge in [-0.3, -0.25) is 4.72 Å². The van der Waals surface area contributed by atoms with Gasteiger partial charge in [0, 0.05) is 0 Å². The Labute approximate surface area is 123 Å². The Hall–Kier alpha value is -1.92. The largest absolute Gasteiger partial charge is 0.392 e. The van der Waals surface area contributed by atoms with Crippen molar-refractivity contribution < 1.29 is 17.9 Å². The number of sulfonamides is 1. The minimum absolute atomic E-state index is 0.147. The zero-order valence-electron chi connectivity index (χ0n) is 11.7. The van der Waals surface area contributed by atoms with Crippen LogP contribution in [0.5, 0.6) is 0 Å². The lowest BCUT2D eigenvalue weighted by molar-refractivity contribution is 0.278. The van der Waals surface area contributed by atoms with E-state index in [4.69, 9.17) is 0 Å². The second kappa shape index (κ2) is 5.83. The second-order valence-electron chi connectivity index (χ2n) is 4.76. The fraction of sp³-hybridized carbons (Fsp3) is 0.200. The monoisotopic (exact) mass is 309 g/mol. The Balaban J connectivity index is 2.48. The van der Waals surface area contributed by atoms with E-state index in [9.17, 15) is 17.9 Å². The molecule has 0 atom stereocenters. The summed E-state index contributed by atoms with van der Waals surface area (Å²) in [7, 11) is -3.97. The van der Waals surface area contributed by atoms with E-state index in [-0.39, 0.29) is 10.5 Å². The number of halogens is 1. The van der Waals surface area contributed by atoms with Crippen molar-refractivity contribution >= 4 is 15.7 Å². The molecule has 6 heteroatoms. The lowest BCUT2D eigenvalue weighted by atomic mass is 10.1. The summed E-state index contributed by atoms with van der Waals surface area (Å²) in [5.74, 6) is -0.673. The van der Waals surface area contributed by atoms with E-state index in [0.717, 1.165) is 23.3 Å². The maximum Gasteiger partial charge on any atom is 0.262 e. The summed E-state index contributed by atoms with van der Waals surface area (Å²) >= 11 is 0. The van der Waals surface area contributed by atoms with Gasteiger partial charge in [-0.1, -0.05) is 18.2 Å². The molecule has 2 aromatic carbocycles. The predicted octanol–water partition coefficient (Wildman–Crippen LogP) is 2.74. The summed E-state index contributed by atoms with van der Waals surface area (Å²) in [4.78, 5) is -0.258. The molecule has 0 bridgehead atoms. The number of hydrogen-bond acceptors (Lipinski definition) is 3. The molecule has 0 aliphatic carbocycles. The SMILES string of the molecule is Cc1cccc(NS(=O)(=O)c2cc(F)ccc2CO)c1C. The Morgan fingerprint density at radius 1 is 1.19 bits per heavy atom. The minimum Gasteiger partial charge on any atom is -0.392 e. The van der Waals surface area contributed by atoms with E-state index >= 15 is 0 Å². The molecule has 0 aliphatic heterocycles. The van der Waals surface area contributed by atoms with E-state index in [1.54, 1.807) is 19.1 Å². The summed E-state index contributed by atoms with van der Waals surface area (Å²) in [5, 5.41) is 9.22. The quantitative estimate of drug-likeness (QED) is 0.912. The van der Waals surface area contributed by atoms with Crippen molar-refractivity contribution in [3.63, 3.8) is 0 Å². The maximum atomic E-state index is 13.3. The summed E-state index contributed by atoms with van der Waals surface area (Å²) < 4.78 is 40.6. The molecule has 0 unspecified atom stereocenters. The summed E-state index contributed by atoms with van der Waals surface area (Å²) in [6.07, 6.45) is 0. The molecule has 2 rings (SSSR count). The third-order valence-corrected chi connectivity index (χ3v) is 4.79. The predicted molar refractivity (Wildman–Crippen MR) is 79.0 cm³/mol. The molecule has 4 nitrogen and oxygen atoms in total. The van der Waals surface area contributed by atoms with Gasteiger partial charge in [-0.15, -0.1) is 0 Å². The Kier molecular flexibility index (Phi) is 4.29. The van der Waals surface area contributed by atoms with Gasteiger partial charge < -0.3 is 5.11 Å². The smallest absolute Gasteiger partial charge is 0.262 e. The van der Waals surface area contributed by atoms with Gasteiger partial charge in [-0.2, -0.15) is 0 Å². The highest BCUT2D eigenvalue weighted by Gasteiger charge is 2.20. The molecule has 21 heavy (non-hydrogen) atoms. The zero-order chi connectivity index (χ0) is 15.6. The summed E-state index contributed by atoms with van der Waals surface area (Å²) in [6.45, 7) is 3.18. The van der Waals surface area contributed by atoms with Crippen LogP contribution in [0.4, 0.5) is 10.1 Å². The van der Waals surface area contributed by atoms with Gasteiger partial charge in [0.25, 0.3) is 10.0 Å². The van der Waals surface area contributed by atoms with Gasteiger partial charge in [0.15, 0.2) is 0 Å². The first-order valence-corrected chi connectivity index (χ1v) is 7.82. The minimum atomic E-state index is -3.97. The summed E-state index contributed by atoms with van der Waals surface area (Å²) in [6, 6.07) is 8.51. The molecular formula is C15H16FNO3S. The van der Waals surface area contributed by atoms with Crippen molar-refractivity contribution in [1.29, 1.82) is 0 Å². The standard InChI is InChI=1S/C15H16FNO3S/c1-10-4-3-5-14(11(10)2)17-21(19,20)15-8-13(16)7-6-12(15)9-18/h3-8,17-18H,9H2,1-2H3. The fourth-order valence-corrected chi connectivity index (χ4v) is 3.34. The molecule has 0 saturated carbocycles. The molecule has 0 aliphatic rings. The lowest BCUT2D eigenvalue weighted by Gasteiger charge is -2.14. The first-order chi connectivity index (χ1) is 9.85. The Morgan fingerprint density at radius 2 is 1.90 bits per heavy atom. The van der Waals surface area contributed by atoms with E-state index in [2.05, 4.69) is 4.72 Å². The molecule has 2 N–H and O–H groups in total. The number of hydrogen-bond donors (Lipinski definition) is 2. The van der Waals surface area contributed by atoms with E-state index in [1.165, 1.54) is 6.07 Å². The van der Waals surface area contributed by atoms with Crippen molar-refractivity contribution in [1.82, 2.24) is 0 Å². The first kappa shape index (κ1) is 15.5. The van der Waals surface area contributed by atoms with Gasteiger partial charge in [-0.25, -0.2) is 12.8 Å². The van der Waals surface area contributed by atoms with Crippen molar-refractivity contribution in [2.45, 2.75) is 25.3 Å². The summed E-state index contributed by atoms with van der Waals surface area (Å²) in [5.41, 5.74) is 2.32. The molecular weight excluding hydrogens is 293 g/mol. The molecule has 2 aromatic rings. The molecule has 0 radical (unpaired) electrons. The van der Waals surface area contributed by atoms with Crippen molar-refractivity contribution in [2.75, 3.05) is 4.72 Å². The third kappa shape index (κ3) is 3.22. The number of aryl methyl sites for hydroxylation is 1. The topological polar surface area (TPSA) is 66.4 Å². The van der Waals surface area contributed by atoms with Crippen LogP contribution in [0.15, 0.2) is 41.3 Å². The highest BCUT2D eigenvalue weighted by Crippen LogP contribution is 2.24. The highest BCUT2D eigenvalue weighted by atomic mass is 32.2. The van der Waals surface area contributed by atoms with Crippen molar-refractivity contribution in [3.05, 3.63) is 58.9 Å². The van der Waals surface area contributed by atoms with Crippen LogP contribution in [0.1, 0.15) is 16.7 Å². The first-order valence-electron chi connectivity index (χ1n) is 6.33. The van der Waals surface area contributed by atoms with Gasteiger partial charge >= 0.3 is 0 Å². The number of benzene rings is 2. The molecule has 0 amide bonds. The third-order valence-electron chi connectivity index (χ3n) is 3.34. The number of aliphatic hydroxyl groups is 1. The van der Waals surface area contributed by atoms with E-state index in [1.807, 2.05) is 13.0 Å². The van der Waals surface area contributed by atoms with Gasteiger partial charge in [0.2, 0.25) is 0 Å². The highest BCUT2D eigenvalue weighted by molar-refractivity contribution is 7.92. The normalized spacial score (nSPS) is 11.4. The van der Waals surface area contributed by atoms with Crippen LogP contribution in [0.25, 0.3) is 0 Å². The maximum absolute atomic E-state index is 13.3. The van der Waals surface area contributed by atoms with Gasteiger partial charge in [-0.05, 0) is 48.7 Å². The number of aliphatic hydroxyl groups excluding tert-OH is 1. The number of rotatable bonds is 4. The van der Waals surface area contributed by atoms with Gasteiger partial charge in [0.1, 0.15) is 5.82 Å². The Bertz CT molecular complexity index is 772. The molecule has 0 aromatic heterocycles. The van der Waals surface area contributed by atoms with Crippen LogP contribution in [0, 0.1) is 19.7 Å². The molecule has 0 saturated heterocycles. The molecule has 0 spiro atoms. The van der Waals surface area contributed by atoms with Gasteiger partial charge in [0.05, 0.1) is 17.2 Å². The van der Waals surface area contributed by atoms with Crippen LogP contribution in [0.2, 0.25) is 0 Å². The molecule has 112 valence electrons. The lowest BCUT2D eigenvalue weighted by Crippen LogP contribution is -2.16. The average Bonchev–Trinajstić information content (AvgIpc) is 2.44. The van der Waals surface area contributed by atoms with Crippen LogP contribution in [0.3, 0.4) is 0 Å². The van der Waals surface area contributed by atoms with E-state index in [0.29, 0.717) is 5.69 Å².